The molecular weight excluding hydrogens is 327 g/mol. The van der Waals surface area contributed by atoms with Crippen LogP contribution in [0.1, 0.15) is 48.0 Å². The highest BCUT2D eigenvalue weighted by molar-refractivity contribution is 7.81. The van der Waals surface area contributed by atoms with Gasteiger partial charge < -0.3 is 4.74 Å². The molecule has 0 N–H and O–H groups in total. The van der Waals surface area contributed by atoms with Gasteiger partial charge >= 0.3 is 17.4 Å². The van der Waals surface area contributed by atoms with Crippen LogP contribution in [0.3, 0.4) is 0 Å². The lowest BCUT2D eigenvalue weighted by atomic mass is 9.69. The highest BCUT2D eigenvalue weighted by Crippen LogP contribution is 2.43. The van der Waals surface area contributed by atoms with Crippen LogP contribution in [-0.4, -0.2) is 23.5 Å². The van der Waals surface area contributed by atoms with Crippen LogP contribution in [0.4, 0.5) is 22.0 Å². The number of halogens is 5. The Labute approximate surface area is 133 Å². The lowest BCUT2D eigenvalue weighted by Crippen LogP contribution is -2.49. The zero-order valence-electron chi connectivity index (χ0n) is 13.5. The molecule has 0 rings (SSSR count). The Morgan fingerprint density at radius 2 is 1.45 bits per heavy atom. The maximum absolute atomic E-state index is 13.0. The Morgan fingerprint density at radius 1 is 1.05 bits per heavy atom. The molecule has 0 saturated heterocycles. The number of alkyl halides is 5. The van der Waals surface area contributed by atoms with Gasteiger partial charge in [0.15, 0.2) is 0 Å². The first kappa shape index (κ1) is 21.5. The molecule has 0 saturated carbocycles. The molecule has 132 valence electrons. The van der Waals surface area contributed by atoms with Crippen LogP contribution >= 0.6 is 12.6 Å². The monoisotopic (exact) mass is 350 g/mol. The van der Waals surface area contributed by atoms with Crippen molar-refractivity contribution < 1.29 is 31.5 Å². The molecule has 8 heteroatoms. The Balaban J connectivity index is 5.51. The molecule has 0 fully saturated rings. The van der Waals surface area contributed by atoms with E-state index in [-0.39, 0.29) is 12.3 Å². The number of ether oxygens (including phenoxy) is 1. The van der Waals surface area contributed by atoms with Gasteiger partial charge in [0.1, 0.15) is 0 Å². The molecule has 0 bridgehead atoms. The normalized spacial score (nSPS) is 18.0. The van der Waals surface area contributed by atoms with Crippen molar-refractivity contribution in [2.45, 2.75) is 65.5 Å². The minimum absolute atomic E-state index is 0.194. The topological polar surface area (TPSA) is 26.3 Å². The number of hydrogen-bond acceptors (Lipinski definition) is 3. The molecule has 0 heterocycles. The highest BCUT2D eigenvalue weighted by Gasteiger charge is 2.58. The molecule has 2 atom stereocenters. The van der Waals surface area contributed by atoms with Crippen molar-refractivity contribution in [2.75, 3.05) is 0 Å². The predicted molar refractivity (Wildman–Crippen MR) is 76.9 cm³/mol. The largest absolute Gasteiger partial charge is 0.445 e. The van der Waals surface area contributed by atoms with Crippen molar-refractivity contribution >= 4 is 18.6 Å². The predicted octanol–water partition coefficient (Wildman–Crippen LogP) is 5.08. The van der Waals surface area contributed by atoms with Crippen LogP contribution in [0.25, 0.3) is 0 Å². The minimum atomic E-state index is -5.40. The fourth-order valence-electron chi connectivity index (χ4n) is 2.19. The second-order valence-electron chi connectivity index (χ2n) is 7.22. The third-order valence-corrected chi connectivity index (χ3v) is 3.71. The molecule has 0 aromatic heterocycles. The van der Waals surface area contributed by atoms with Crippen LogP contribution in [-0.2, 0) is 9.53 Å². The molecule has 0 aliphatic carbocycles. The van der Waals surface area contributed by atoms with Gasteiger partial charge in [0, 0.05) is 0 Å². The maximum Gasteiger partial charge on any atom is 0.432 e. The molecule has 2 unspecified atom stereocenters. The summed E-state index contributed by atoms with van der Waals surface area (Å²) in [5.74, 6) is -1.69. The smallest absolute Gasteiger partial charge is 0.432 e. The quantitative estimate of drug-likeness (QED) is 0.425. The van der Waals surface area contributed by atoms with Crippen LogP contribution in [0.5, 0.6) is 0 Å². The Kier molecular flexibility index (Phi) is 6.37. The van der Waals surface area contributed by atoms with E-state index in [2.05, 4.69) is 17.4 Å². The van der Waals surface area contributed by atoms with Gasteiger partial charge in [-0.25, -0.2) is 0 Å². The van der Waals surface area contributed by atoms with E-state index < -0.39 is 34.3 Å². The lowest BCUT2D eigenvalue weighted by molar-refractivity contribution is -0.261. The average Bonchev–Trinajstić information content (AvgIpc) is 2.19. The molecule has 0 spiro atoms. The van der Waals surface area contributed by atoms with E-state index in [4.69, 9.17) is 0 Å². The van der Waals surface area contributed by atoms with Crippen LogP contribution in [0, 0.1) is 16.7 Å². The number of thiol groups is 1. The van der Waals surface area contributed by atoms with Gasteiger partial charge in [-0.05, 0) is 24.7 Å². The summed E-state index contributed by atoms with van der Waals surface area (Å²) < 4.78 is 68.3. The fourth-order valence-corrected chi connectivity index (χ4v) is 2.39. The van der Waals surface area contributed by atoms with Crippen molar-refractivity contribution in [1.82, 2.24) is 0 Å². The van der Waals surface area contributed by atoms with E-state index >= 15 is 0 Å². The standard InChI is InChI=1S/C14H23F5O2S/c1-8(2)12(6,7-11(3,4)5)10(20)21-9(13(15,16)17)14(18,19)22/h8-9,22H,7H2,1-6H3. The van der Waals surface area contributed by atoms with Gasteiger partial charge in [-0.3, -0.25) is 4.79 Å². The van der Waals surface area contributed by atoms with Crippen LogP contribution < -0.4 is 0 Å². The van der Waals surface area contributed by atoms with Gasteiger partial charge in [-0.2, -0.15) is 22.0 Å². The lowest BCUT2D eigenvalue weighted by Gasteiger charge is -2.38. The van der Waals surface area contributed by atoms with Gasteiger partial charge in [0.2, 0.25) is 0 Å². The maximum atomic E-state index is 13.0. The summed E-state index contributed by atoms with van der Waals surface area (Å²) >= 11 is 2.62. The summed E-state index contributed by atoms with van der Waals surface area (Å²) in [4.78, 5) is 12.2. The van der Waals surface area contributed by atoms with E-state index in [1.807, 2.05) is 0 Å². The molecular formula is C14H23F5O2S. The minimum Gasteiger partial charge on any atom is -0.445 e. The molecule has 0 aromatic rings. The van der Waals surface area contributed by atoms with E-state index in [9.17, 15) is 26.7 Å². The zero-order valence-corrected chi connectivity index (χ0v) is 14.4. The van der Waals surface area contributed by atoms with Gasteiger partial charge in [0.25, 0.3) is 6.10 Å². The first-order valence-corrected chi connectivity index (χ1v) is 7.24. The zero-order chi connectivity index (χ0) is 18.1. The summed E-state index contributed by atoms with van der Waals surface area (Å²) in [6.07, 6.45) is -8.78. The first-order valence-electron chi connectivity index (χ1n) is 6.79. The number of carbonyl (C=O) groups is 1. The summed E-state index contributed by atoms with van der Waals surface area (Å²) in [5, 5.41) is -4.51. The molecule has 0 radical (unpaired) electrons. The summed E-state index contributed by atoms with van der Waals surface area (Å²) in [6.45, 7) is 10.1. The summed E-state index contributed by atoms with van der Waals surface area (Å²) in [6, 6.07) is 0. The molecule has 0 amide bonds. The van der Waals surface area contributed by atoms with E-state index in [1.54, 1.807) is 34.6 Å². The van der Waals surface area contributed by atoms with Gasteiger partial charge in [0.05, 0.1) is 5.41 Å². The number of rotatable bonds is 5. The number of hydrogen-bond donors (Lipinski definition) is 1. The molecule has 2 nitrogen and oxygen atoms in total. The third-order valence-electron chi connectivity index (χ3n) is 3.48. The first-order chi connectivity index (χ1) is 9.41. The van der Waals surface area contributed by atoms with Crippen molar-refractivity contribution in [2.24, 2.45) is 16.7 Å². The average molecular weight is 350 g/mol. The second kappa shape index (κ2) is 6.53. The van der Waals surface area contributed by atoms with Gasteiger partial charge in [-0.15, -0.1) is 12.6 Å². The van der Waals surface area contributed by atoms with E-state index in [0.29, 0.717) is 0 Å². The summed E-state index contributed by atoms with van der Waals surface area (Å²) in [5.41, 5.74) is -1.71. The fraction of sp³-hybridized carbons (Fsp3) is 0.929. The van der Waals surface area contributed by atoms with Crippen LogP contribution in [0.2, 0.25) is 0 Å². The molecule has 22 heavy (non-hydrogen) atoms. The van der Waals surface area contributed by atoms with Crippen LogP contribution in [0.15, 0.2) is 0 Å². The van der Waals surface area contributed by atoms with Gasteiger partial charge in [-0.1, -0.05) is 34.6 Å². The third kappa shape index (κ3) is 5.93. The number of carbonyl (C=O) groups excluding carboxylic acids is 1. The second-order valence-corrected chi connectivity index (χ2v) is 7.82. The van der Waals surface area contributed by atoms with Crippen molar-refractivity contribution in [3.8, 4) is 0 Å². The molecule has 0 aliphatic rings. The van der Waals surface area contributed by atoms with Crippen molar-refractivity contribution in [3.63, 3.8) is 0 Å². The molecule has 0 aliphatic heterocycles. The number of esters is 1. The molecule has 0 aromatic carbocycles. The van der Waals surface area contributed by atoms with Crippen molar-refractivity contribution in [3.05, 3.63) is 0 Å². The van der Waals surface area contributed by atoms with E-state index in [1.165, 1.54) is 6.92 Å². The Bertz CT molecular complexity index is 382. The Morgan fingerprint density at radius 3 is 1.68 bits per heavy atom. The highest BCUT2D eigenvalue weighted by atomic mass is 32.1. The SMILES string of the molecule is CC(C)C(C)(CC(C)(C)C)C(=O)OC(C(F)(F)F)C(F)(F)S. The Hall–Kier alpha value is -0.530. The van der Waals surface area contributed by atoms with Crippen molar-refractivity contribution in [1.29, 1.82) is 0 Å². The summed E-state index contributed by atoms with van der Waals surface area (Å²) in [7, 11) is 0. The van der Waals surface area contributed by atoms with E-state index in [0.717, 1.165) is 0 Å².